The molecule has 306 valence electrons. The molecular weight excluding hydrogens is 677 g/mol. The van der Waals surface area contributed by atoms with Crippen molar-refractivity contribution in [1.82, 2.24) is 45.9 Å². The van der Waals surface area contributed by atoms with Crippen LogP contribution in [-0.2, 0) is 0 Å². The summed E-state index contributed by atoms with van der Waals surface area (Å²) in [6.45, 7) is 27.8. The molecule has 2 aliphatic heterocycles. The highest BCUT2D eigenvalue weighted by Crippen LogP contribution is 2.35. The number of piperidine rings is 2. The largest absolute Gasteiger partial charge is 0.339 e. The maximum absolute atomic E-state index is 6.11. The van der Waals surface area contributed by atoms with E-state index >= 15 is 0 Å². The molecule has 2 aromatic rings. The van der Waals surface area contributed by atoms with Gasteiger partial charge in [-0.05, 0) is 126 Å². The summed E-state index contributed by atoms with van der Waals surface area (Å²) >= 11 is 0. The minimum atomic E-state index is -0.215. The van der Waals surface area contributed by atoms with E-state index < -0.39 is 0 Å². The number of hydrogen-bond donors (Lipinski definition) is 5. The van der Waals surface area contributed by atoms with Gasteiger partial charge in [-0.2, -0.15) is 9.97 Å². The quantitative estimate of drug-likeness (QED) is 0.111. The Bertz CT molecular complexity index is 1380. The van der Waals surface area contributed by atoms with Gasteiger partial charge in [-0.25, -0.2) is 19.9 Å². The monoisotopic (exact) mass is 753 g/mol. The summed E-state index contributed by atoms with van der Waals surface area (Å²) in [7, 11) is 0. The second-order valence-electron chi connectivity index (χ2n) is 18.5. The van der Waals surface area contributed by atoms with Gasteiger partial charge in [-0.3, -0.25) is 0 Å². The summed E-state index contributed by atoms with van der Waals surface area (Å²) < 4.78 is 0. The van der Waals surface area contributed by atoms with Crippen molar-refractivity contribution in [2.24, 2.45) is 11.5 Å². The number of nitrogens with two attached hydrogens (primary N) is 2. The minimum absolute atomic E-state index is 0.00164. The highest BCUT2D eigenvalue weighted by atomic mass is 15.4. The van der Waals surface area contributed by atoms with Crippen LogP contribution in [0.1, 0.15) is 145 Å². The summed E-state index contributed by atoms with van der Waals surface area (Å²) in [5.41, 5.74) is 12.1. The van der Waals surface area contributed by atoms with Gasteiger partial charge in [0, 0.05) is 60.4 Å². The van der Waals surface area contributed by atoms with Crippen molar-refractivity contribution in [3.05, 3.63) is 18.5 Å². The molecule has 2 aliphatic rings. The molecule has 14 heteroatoms. The molecule has 1 atom stereocenters. The molecule has 54 heavy (non-hydrogen) atoms. The predicted octanol–water partition coefficient (Wildman–Crippen LogP) is 4.72. The van der Waals surface area contributed by atoms with Crippen LogP contribution in [0.3, 0.4) is 0 Å². The Morgan fingerprint density at radius 3 is 1.59 bits per heavy atom. The van der Waals surface area contributed by atoms with E-state index in [1.807, 2.05) is 0 Å². The lowest BCUT2D eigenvalue weighted by molar-refractivity contribution is 0.157. The smallest absolute Gasteiger partial charge is 0.230 e. The first kappa shape index (κ1) is 43.9. The van der Waals surface area contributed by atoms with Gasteiger partial charge in [-0.1, -0.05) is 26.7 Å². The van der Waals surface area contributed by atoms with E-state index in [4.69, 9.17) is 41.4 Å². The van der Waals surface area contributed by atoms with Crippen molar-refractivity contribution in [3.8, 4) is 0 Å². The molecule has 0 radical (unpaired) electrons. The molecule has 0 spiro atoms. The first-order valence-corrected chi connectivity index (χ1v) is 20.9. The van der Waals surface area contributed by atoms with Crippen molar-refractivity contribution >= 4 is 17.8 Å². The Labute approximate surface area is 327 Å². The van der Waals surface area contributed by atoms with Crippen molar-refractivity contribution in [1.29, 1.82) is 0 Å². The maximum Gasteiger partial charge on any atom is 0.230 e. The van der Waals surface area contributed by atoms with Crippen molar-refractivity contribution in [3.63, 3.8) is 0 Å². The van der Waals surface area contributed by atoms with Crippen molar-refractivity contribution in [2.75, 3.05) is 60.5 Å². The zero-order valence-electron chi connectivity index (χ0n) is 35.6. The fourth-order valence-electron chi connectivity index (χ4n) is 9.09. The Balaban J connectivity index is 1.69. The van der Waals surface area contributed by atoms with Gasteiger partial charge in [0.2, 0.25) is 17.8 Å². The number of nitrogens with one attached hydrogen (secondary N) is 3. The normalized spacial score (nSPS) is 20.1. The molecule has 4 heterocycles. The summed E-state index contributed by atoms with van der Waals surface area (Å²) in [5, 5.41) is 11.4. The highest BCUT2D eigenvalue weighted by molar-refractivity contribution is 5.40. The molecule has 2 aromatic heterocycles. The Hall–Kier alpha value is -2.78. The number of unbranched alkanes of at least 4 members (excludes halogenated alkanes) is 2. The summed E-state index contributed by atoms with van der Waals surface area (Å²) in [6, 6.07) is 0.391. The predicted molar refractivity (Wildman–Crippen MR) is 223 cm³/mol. The fraction of sp³-hybridized carbons (Fsp3) is 0.850. The van der Waals surface area contributed by atoms with Gasteiger partial charge >= 0.3 is 0 Å². The molecular formula is C40H76N14. The van der Waals surface area contributed by atoms with Gasteiger partial charge in [-0.15, -0.1) is 0 Å². The number of rotatable bonds is 21. The van der Waals surface area contributed by atoms with E-state index in [1.165, 1.54) is 0 Å². The van der Waals surface area contributed by atoms with E-state index in [2.05, 4.69) is 99.9 Å². The lowest BCUT2D eigenvalue weighted by Gasteiger charge is -2.49. The maximum atomic E-state index is 6.11. The molecule has 0 bridgehead atoms. The van der Waals surface area contributed by atoms with Gasteiger partial charge in [0.15, 0.2) is 5.82 Å². The summed E-state index contributed by atoms with van der Waals surface area (Å²) in [5.74, 6) is 2.83. The van der Waals surface area contributed by atoms with Gasteiger partial charge < -0.3 is 42.1 Å². The second-order valence-corrected chi connectivity index (χ2v) is 18.5. The van der Waals surface area contributed by atoms with Gasteiger partial charge in [0.1, 0.15) is 12.7 Å². The zero-order valence-corrected chi connectivity index (χ0v) is 35.6. The average molecular weight is 753 g/mol. The van der Waals surface area contributed by atoms with Crippen LogP contribution in [0.2, 0.25) is 0 Å². The number of nitrogens with zero attached hydrogens (tertiary/aromatic N) is 9. The molecule has 2 saturated heterocycles. The second kappa shape index (κ2) is 19.4. The van der Waals surface area contributed by atoms with E-state index in [-0.39, 0.29) is 28.2 Å². The van der Waals surface area contributed by atoms with E-state index in [0.717, 1.165) is 95.7 Å². The van der Waals surface area contributed by atoms with Crippen molar-refractivity contribution in [2.45, 2.75) is 174 Å². The van der Waals surface area contributed by atoms with E-state index in [9.17, 15) is 0 Å². The number of anilines is 3. The van der Waals surface area contributed by atoms with Crippen LogP contribution in [0.5, 0.6) is 0 Å². The zero-order chi connectivity index (χ0) is 39.6. The first-order valence-electron chi connectivity index (χ1n) is 20.9. The molecule has 7 N–H and O–H groups in total. The third-order valence-electron chi connectivity index (χ3n) is 10.8. The molecule has 0 aromatic carbocycles. The van der Waals surface area contributed by atoms with Crippen LogP contribution >= 0.6 is 0 Å². The Morgan fingerprint density at radius 1 is 0.648 bits per heavy atom. The number of hydrogen-bond acceptors (Lipinski definition) is 14. The van der Waals surface area contributed by atoms with Crippen LogP contribution < -0.4 is 42.1 Å². The van der Waals surface area contributed by atoms with Crippen LogP contribution in [0.15, 0.2) is 12.7 Å². The standard InChI is InChI=1S/C40H76N14/c1-11-13-21-53(30-23-37(3,4)50-38(5,6)24-30)35-46-28-44-33(48-35)32(43-19-15-17-41)27-52(20-16-18-42)34-45-29-47-36(49-34)54(22-14-12-2)31-25-39(7,8)51-40(9,10)26-31/h28-32,43,50-51H,11-27,41-42H2,1-10H3. The molecule has 4 rings (SSSR count). The lowest BCUT2D eigenvalue weighted by Crippen LogP contribution is -2.62. The molecule has 14 nitrogen and oxygen atoms in total. The highest BCUT2D eigenvalue weighted by Gasteiger charge is 2.42. The van der Waals surface area contributed by atoms with Gasteiger partial charge in [0.25, 0.3) is 0 Å². The molecule has 1 unspecified atom stereocenters. The van der Waals surface area contributed by atoms with E-state index in [0.29, 0.717) is 50.0 Å². The third kappa shape index (κ3) is 12.9. The molecule has 0 amide bonds. The van der Waals surface area contributed by atoms with Crippen LogP contribution in [0, 0.1) is 0 Å². The number of aromatic nitrogens is 6. The van der Waals surface area contributed by atoms with Crippen LogP contribution in [0.4, 0.5) is 17.8 Å². The summed E-state index contributed by atoms with van der Waals surface area (Å²) in [6.07, 6.45) is 13.4. The Morgan fingerprint density at radius 2 is 1.11 bits per heavy atom. The van der Waals surface area contributed by atoms with Crippen LogP contribution in [0.25, 0.3) is 0 Å². The minimum Gasteiger partial charge on any atom is -0.339 e. The van der Waals surface area contributed by atoms with Gasteiger partial charge in [0.05, 0.1) is 6.04 Å². The Kier molecular flexibility index (Phi) is 15.8. The third-order valence-corrected chi connectivity index (χ3v) is 10.8. The molecule has 0 aliphatic carbocycles. The van der Waals surface area contributed by atoms with E-state index in [1.54, 1.807) is 12.7 Å². The fourth-order valence-corrected chi connectivity index (χ4v) is 9.09. The average Bonchev–Trinajstić information content (AvgIpc) is 3.07. The summed E-state index contributed by atoms with van der Waals surface area (Å²) in [4.78, 5) is 36.8. The van der Waals surface area contributed by atoms with Crippen LogP contribution in [-0.4, -0.2) is 110 Å². The topological polar surface area (TPSA) is 175 Å². The SMILES string of the molecule is CCCCN(c1ncnc(C(CN(CCCN)c2ncnc(N(CCCC)C3CC(C)(C)NC(C)(C)C3)n2)NCCCN)n1)C1CC(C)(C)NC(C)(C)C1. The van der Waals surface area contributed by atoms with Crippen molar-refractivity contribution < 1.29 is 0 Å². The first-order chi connectivity index (χ1) is 25.5. The molecule has 2 fully saturated rings. The lowest BCUT2D eigenvalue weighted by atomic mass is 9.79. The molecule has 0 saturated carbocycles.